The summed E-state index contributed by atoms with van der Waals surface area (Å²) >= 11 is 0. The Bertz CT molecular complexity index is 747. The molecule has 0 saturated carbocycles. The van der Waals surface area contributed by atoms with Gasteiger partial charge in [0.05, 0.1) is 12.0 Å². The molecule has 1 aliphatic rings. The summed E-state index contributed by atoms with van der Waals surface area (Å²) in [5.41, 5.74) is 8.22. The molecule has 2 unspecified atom stereocenters. The van der Waals surface area contributed by atoms with Crippen LogP contribution < -0.4 is 15.8 Å². The van der Waals surface area contributed by atoms with E-state index in [0.29, 0.717) is 12.1 Å². The third kappa shape index (κ3) is 4.26. The van der Waals surface area contributed by atoms with Crippen molar-refractivity contribution in [1.29, 1.82) is 0 Å². The average molecular weight is 361 g/mol. The molecule has 1 aliphatic heterocycles. The monoisotopic (exact) mass is 360 g/mol. The fraction of sp³-hybridized carbons (Fsp3) is 0.350. The average Bonchev–Trinajstić information content (AvgIpc) is 2.55. The van der Waals surface area contributed by atoms with Gasteiger partial charge in [0.2, 0.25) is 5.91 Å². The summed E-state index contributed by atoms with van der Waals surface area (Å²) in [6.07, 6.45) is 0.705. The maximum Gasteiger partial charge on any atom is 0.227 e. The van der Waals surface area contributed by atoms with Gasteiger partial charge in [0.1, 0.15) is 11.4 Å². The maximum absolute atomic E-state index is 12.7. The van der Waals surface area contributed by atoms with E-state index >= 15 is 0 Å². The molecule has 134 valence electrons. The van der Waals surface area contributed by atoms with Crippen molar-refractivity contribution in [1.82, 2.24) is 5.32 Å². The molecule has 0 spiro atoms. The summed E-state index contributed by atoms with van der Waals surface area (Å²) in [4.78, 5) is 12.7. The Labute approximate surface area is 155 Å². The zero-order valence-electron chi connectivity index (χ0n) is 14.8. The molecule has 1 heterocycles. The van der Waals surface area contributed by atoms with E-state index in [1.165, 1.54) is 0 Å². The molecule has 0 fully saturated rings. The molecule has 0 aliphatic carbocycles. The maximum atomic E-state index is 12.7. The number of carbonyl (C=O) groups is 1. The molecular weight excluding hydrogens is 336 g/mol. The summed E-state index contributed by atoms with van der Waals surface area (Å²) in [7, 11) is 0. The summed E-state index contributed by atoms with van der Waals surface area (Å²) in [5.74, 6) is 0.594. The number of nitrogens with one attached hydrogen (secondary N) is 1. The number of carbonyl (C=O) groups excluding carboxylic acids is 1. The van der Waals surface area contributed by atoms with Crippen molar-refractivity contribution in [2.45, 2.75) is 44.8 Å². The largest absolute Gasteiger partial charge is 0.487 e. The lowest BCUT2D eigenvalue weighted by atomic mass is 9.88. The Morgan fingerprint density at radius 3 is 2.60 bits per heavy atom. The number of fused-ring (bicyclic) bond motifs is 1. The molecule has 3 N–H and O–H groups in total. The number of halogens is 1. The van der Waals surface area contributed by atoms with Crippen molar-refractivity contribution in [2.24, 2.45) is 0 Å². The van der Waals surface area contributed by atoms with Gasteiger partial charge < -0.3 is 15.8 Å². The van der Waals surface area contributed by atoms with Gasteiger partial charge in [-0.15, -0.1) is 12.4 Å². The van der Waals surface area contributed by atoms with Crippen molar-refractivity contribution in [3.8, 4) is 5.75 Å². The third-order valence-corrected chi connectivity index (χ3v) is 4.50. The molecule has 1 amide bonds. The first-order valence-electron chi connectivity index (χ1n) is 8.29. The number of benzene rings is 2. The minimum absolute atomic E-state index is 0. The molecule has 5 heteroatoms. The van der Waals surface area contributed by atoms with Gasteiger partial charge in [-0.05, 0) is 44.5 Å². The minimum Gasteiger partial charge on any atom is -0.487 e. The second-order valence-corrected chi connectivity index (χ2v) is 7.06. The van der Waals surface area contributed by atoms with Gasteiger partial charge in [-0.3, -0.25) is 4.79 Å². The van der Waals surface area contributed by atoms with Crippen LogP contribution in [0.25, 0.3) is 0 Å². The van der Waals surface area contributed by atoms with Gasteiger partial charge in [0.25, 0.3) is 0 Å². The number of hydrogen-bond donors (Lipinski definition) is 2. The summed E-state index contributed by atoms with van der Waals surface area (Å²) in [6.45, 7) is 5.99. The summed E-state index contributed by atoms with van der Waals surface area (Å²) in [5, 5.41) is 3.18. The normalized spacial score (nSPS) is 18.9. The van der Waals surface area contributed by atoms with Crippen molar-refractivity contribution >= 4 is 24.0 Å². The SMILES string of the molecule is CC(C(=O)NC1CC(C)(C)Oc2ccc(N)cc21)c1ccccc1.Cl. The quantitative estimate of drug-likeness (QED) is 0.806. The Morgan fingerprint density at radius 2 is 1.92 bits per heavy atom. The Hall–Kier alpha value is -2.20. The lowest BCUT2D eigenvalue weighted by molar-refractivity contribution is -0.123. The van der Waals surface area contributed by atoms with Crippen LogP contribution in [0.5, 0.6) is 5.75 Å². The number of hydrogen-bond acceptors (Lipinski definition) is 3. The standard InChI is InChI=1S/C20H24N2O2.ClH/c1-13(14-7-5-4-6-8-14)19(23)22-17-12-20(2,3)24-18-10-9-15(21)11-16(17)18;/h4-11,13,17H,12,21H2,1-3H3,(H,22,23);1H. The van der Waals surface area contributed by atoms with E-state index in [0.717, 1.165) is 16.9 Å². The van der Waals surface area contributed by atoms with E-state index in [1.54, 1.807) is 0 Å². The van der Waals surface area contributed by atoms with Crippen molar-refractivity contribution < 1.29 is 9.53 Å². The molecule has 4 nitrogen and oxygen atoms in total. The van der Waals surface area contributed by atoms with Gasteiger partial charge in [0.15, 0.2) is 0 Å². The van der Waals surface area contributed by atoms with Crippen molar-refractivity contribution in [3.63, 3.8) is 0 Å². The lowest BCUT2D eigenvalue weighted by Gasteiger charge is -2.38. The van der Waals surface area contributed by atoms with Gasteiger partial charge in [-0.2, -0.15) is 0 Å². The first-order valence-corrected chi connectivity index (χ1v) is 8.29. The van der Waals surface area contributed by atoms with Gasteiger partial charge in [-0.1, -0.05) is 30.3 Å². The topological polar surface area (TPSA) is 64.3 Å². The second kappa shape index (κ2) is 7.36. The molecule has 2 aromatic rings. The van der Waals surface area contributed by atoms with Gasteiger partial charge in [0, 0.05) is 17.7 Å². The molecule has 2 atom stereocenters. The molecule has 0 saturated heterocycles. The molecule has 0 aromatic heterocycles. The Morgan fingerprint density at radius 1 is 1.24 bits per heavy atom. The molecule has 25 heavy (non-hydrogen) atoms. The van der Waals surface area contributed by atoms with Crippen LogP contribution in [0.2, 0.25) is 0 Å². The summed E-state index contributed by atoms with van der Waals surface area (Å²) < 4.78 is 6.02. The predicted octanol–water partition coefficient (Wildman–Crippen LogP) is 4.21. The zero-order valence-corrected chi connectivity index (χ0v) is 15.6. The summed E-state index contributed by atoms with van der Waals surface area (Å²) in [6, 6.07) is 15.3. The van der Waals surface area contributed by atoms with E-state index in [1.807, 2.05) is 69.3 Å². The third-order valence-electron chi connectivity index (χ3n) is 4.50. The van der Waals surface area contributed by atoms with Crippen LogP contribution in [0.4, 0.5) is 5.69 Å². The highest BCUT2D eigenvalue weighted by molar-refractivity contribution is 5.85. The van der Waals surface area contributed by atoms with Crippen molar-refractivity contribution in [2.75, 3.05) is 5.73 Å². The number of rotatable bonds is 3. The van der Waals surface area contributed by atoms with Crippen LogP contribution in [-0.2, 0) is 4.79 Å². The zero-order chi connectivity index (χ0) is 17.3. The van der Waals surface area contributed by atoms with E-state index in [-0.39, 0.29) is 35.9 Å². The van der Waals surface area contributed by atoms with Crippen LogP contribution in [0.1, 0.15) is 50.3 Å². The molecular formula is C20H25ClN2O2. The molecule has 2 aromatic carbocycles. The Kier molecular flexibility index (Phi) is 5.63. The van der Waals surface area contributed by atoms with E-state index in [9.17, 15) is 4.79 Å². The van der Waals surface area contributed by atoms with Gasteiger partial charge in [-0.25, -0.2) is 0 Å². The Balaban J connectivity index is 0.00000225. The lowest BCUT2D eigenvalue weighted by Crippen LogP contribution is -2.42. The highest BCUT2D eigenvalue weighted by Gasteiger charge is 2.35. The van der Waals surface area contributed by atoms with Crippen LogP contribution in [-0.4, -0.2) is 11.5 Å². The number of nitrogen functional groups attached to an aromatic ring is 1. The highest BCUT2D eigenvalue weighted by atomic mass is 35.5. The minimum atomic E-state index is -0.336. The molecule has 0 radical (unpaired) electrons. The fourth-order valence-electron chi connectivity index (χ4n) is 3.19. The van der Waals surface area contributed by atoms with E-state index in [2.05, 4.69) is 5.32 Å². The number of anilines is 1. The van der Waals surface area contributed by atoms with Crippen LogP contribution in [0.3, 0.4) is 0 Å². The number of amides is 1. The smallest absolute Gasteiger partial charge is 0.227 e. The van der Waals surface area contributed by atoms with E-state index < -0.39 is 0 Å². The first kappa shape index (κ1) is 19.1. The molecule has 0 bridgehead atoms. The fourth-order valence-corrected chi connectivity index (χ4v) is 3.19. The van der Waals surface area contributed by atoms with Gasteiger partial charge >= 0.3 is 0 Å². The molecule has 3 rings (SSSR count). The number of ether oxygens (including phenoxy) is 1. The van der Waals surface area contributed by atoms with E-state index in [4.69, 9.17) is 10.5 Å². The number of nitrogens with two attached hydrogens (primary N) is 1. The highest BCUT2D eigenvalue weighted by Crippen LogP contribution is 2.40. The predicted molar refractivity (Wildman–Crippen MR) is 103 cm³/mol. The first-order chi connectivity index (χ1) is 11.4. The van der Waals surface area contributed by atoms with Crippen molar-refractivity contribution in [3.05, 3.63) is 59.7 Å². The second-order valence-electron chi connectivity index (χ2n) is 7.06. The van der Waals surface area contributed by atoms with Crippen LogP contribution in [0, 0.1) is 0 Å². The van der Waals surface area contributed by atoms with Crippen LogP contribution in [0.15, 0.2) is 48.5 Å². The van der Waals surface area contributed by atoms with Crippen LogP contribution >= 0.6 is 12.4 Å².